The molecule has 2 N–H and O–H groups in total. The number of rotatable bonds is 3. The average molecular weight is 300 g/mol. The first-order chi connectivity index (χ1) is 10.8. The molecule has 0 aromatic heterocycles. The van der Waals surface area contributed by atoms with Gasteiger partial charge in [-0.25, -0.2) is 0 Å². The molecular formula is C19H28N2O. The van der Waals surface area contributed by atoms with Crippen LogP contribution in [0.4, 0.5) is 0 Å². The van der Waals surface area contributed by atoms with Crippen molar-refractivity contribution in [3.63, 3.8) is 0 Å². The van der Waals surface area contributed by atoms with Gasteiger partial charge in [0.2, 0.25) is 5.91 Å². The molecule has 1 aromatic carbocycles. The van der Waals surface area contributed by atoms with Crippen LogP contribution in [0.2, 0.25) is 0 Å². The van der Waals surface area contributed by atoms with E-state index in [0.717, 1.165) is 51.7 Å². The molecule has 3 heteroatoms. The highest BCUT2D eigenvalue weighted by molar-refractivity contribution is 5.79. The van der Waals surface area contributed by atoms with Crippen LogP contribution in [0.5, 0.6) is 0 Å². The fraction of sp³-hybridized carbons (Fsp3) is 0.632. The van der Waals surface area contributed by atoms with Crippen LogP contribution in [0.1, 0.15) is 50.0 Å². The molecule has 1 aliphatic carbocycles. The number of nitrogens with zero attached hydrogens (tertiary/aromatic N) is 1. The highest BCUT2D eigenvalue weighted by atomic mass is 16.2. The fourth-order valence-corrected chi connectivity index (χ4v) is 4.08. The normalized spacial score (nSPS) is 29.3. The number of hydrogen-bond acceptors (Lipinski definition) is 2. The summed E-state index contributed by atoms with van der Waals surface area (Å²) in [5.41, 5.74) is 7.14. The molecule has 1 aliphatic heterocycles. The van der Waals surface area contributed by atoms with E-state index in [4.69, 9.17) is 5.73 Å². The molecule has 120 valence electrons. The molecule has 0 spiro atoms. The molecular weight excluding hydrogens is 272 g/mol. The zero-order valence-corrected chi connectivity index (χ0v) is 13.4. The maximum atomic E-state index is 12.8. The summed E-state index contributed by atoms with van der Waals surface area (Å²) in [5, 5.41) is 0. The fourth-order valence-electron chi connectivity index (χ4n) is 4.08. The van der Waals surface area contributed by atoms with Gasteiger partial charge in [0.25, 0.3) is 0 Å². The van der Waals surface area contributed by atoms with Gasteiger partial charge >= 0.3 is 0 Å². The quantitative estimate of drug-likeness (QED) is 0.932. The lowest BCUT2D eigenvalue weighted by atomic mass is 9.81. The molecule has 1 heterocycles. The van der Waals surface area contributed by atoms with Crippen molar-refractivity contribution in [3.05, 3.63) is 35.9 Å². The van der Waals surface area contributed by atoms with Gasteiger partial charge in [-0.3, -0.25) is 4.79 Å². The summed E-state index contributed by atoms with van der Waals surface area (Å²) in [6.45, 7) is 2.62. The number of hydrogen-bond donors (Lipinski definition) is 1. The van der Waals surface area contributed by atoms with Crippen LogP contribution in [0.3, 0.4) is 0 Å². The Labute approximate surface area is 133 Å². The van der Waals surface area contributed by atoms with Gasteiger partial charge < -0.3 is 10.6 Å². The Morgan fingerprint density at radius 3 is 2.50 bits per heavy atom. The van der Waals surface area contributed by atoms with Crippen LogP contribution in [0, 0.1) is 11.8 Å². The first kappa shape index (κ1) is 15.5. The molecule has 1 saturated heterocycles. The molecule has 3 nitrogen and oxygen atoms in total. The maximum Gasteiger partial charge on any atom is 0.225 e. The van der Waals surface area contributed by atoms with Crippen LogP contribution < -0.4 is 5.73 Å². The predicted molar refractivity (Wildman–Crippen MR) is 89.5 cm³/mol. The van der Waals surface area contributed by atoms with Crippen molar-refractivity contribution >= 4 is 5.91 Å². The Balaban J connectivity index is 1.59. The molecule has 1 atom stereocenters. The van der Waals surface area contributed by atoms with Crippen molar-refractivity contribution in [2.75, 3.05) is 19.6 Å². The topological polar surface area (TPSA) is 46.3 Å². The molecule has 0 radical (unpaired) electrons. The lowest BCUT2D eigenvalue weighted by Gasteiger charge is -2.37. The highest BCUT2D eigenvalue weighted by Crippen LogP contribution is 2.32. The van der Waals surface area contributed by atoms with Gasteiger partial charge in [0.05, 0.1) is 0 Å². The number of amides is 1. The SMILES string of the molecule is NCC1CCC(C(=O)N2CCC[C@H](c3ccccc3)C2)CC1. The van der Waals surface area contributed by atoms with Crippen molar-refractivity contribution in [1.29, 1.82) is 0 Å². The monoisotopic (exact) mass is 300 g/mol. The summed E-state index contributed by atoms with van der Waals surface area (Å²) in [5.74, 6) is 1.80. The van der Waals surface area contributed by atoms with E-state index >= 15 is 0 Å². The van der Waals surface area contributed by atoms with Crippen molar-refractivity contribution < 1.29 is 4.79 Å². The van der Waals surface area contributed by atoms with Gasteiger partial charge in [-0.15, -0.1) is 0 Å². The summed E-state index contributed by atoms with van der Waals surface area (Å²) in [4.78, 5) is 15.0. The van der Waals surface area contributed by atoms with E-state index in [1.807, 2.05) is 0 Å². The first-order valence-corrected chi connectivity index (χ1v) is 8.81. The maximum absolute atomic E-state index is 12.8. The van der Waals surface area contributed by atoms with Crippen molar-refractivity contribution in [2.45, 2.75) is 44.4 Å². The smallest absolute Gasteiger partial charge is 0.225 e. The molecule has 22 heavy (non-hydrogen) atoms. The van der Waals surface area contributed by atoms with Gasteiger partial charge in [0.15, 0.2) is 0 Å². The largest absolute Gasteiger partial charge is 0.342 e. The van der Waals surface area contributed by atoms with E-state index in [2.05, 4.69) is 35.2 Å². The Bertz CT molecular complexity index is 479. The van der Waals surface area contributed by atoms with Crippen LogP contribution in [-0.4, -0.2) is 30.4 Å². The minimum absolute atomic E-state index is 0.248. The molecule has 3 rings (SSSR count). The summed E-state index contributed by atoms with van der Waals surface area (Å²) >= 11 is 0. The third kappa shape index (κ3) is 3.52. The Morgan fingerprint density at radius 1 is 1.09 bits per heavy atom. The Morgan fingerprint density at radius 2 is 1.82 bits per heavy atom. The highest BCUT2D eigenvalue weighted by Gasteiger charge is 2.31. The molecule has 1 amide bonds. The number of likely N-dealkylation sites (tertiary alicyclic amines) is 1. The van der Waals surface area contributed by atoms with Gasteiger partial charge in [-0.05, 0) is 56.6 Å². The first-order valence-electron chi connectivity index (χ1n) is 8.81. The molecule has 2 fully saturated rings. The number of nitrogens with two attached hydrogens (primary N) is 1. The van der Waals surface area contributed by atoms with Crippen LogP contribution in [-0.2, 0) is 4.79 Å². The van der Waals surface area contributed by atoms with Crippen molar-refractivity contribution in [2.24, 2.45) is 17.6 Å². The summed E-state index contributed by atoms with van der Waals surface area (Å²) < 4.78 is 0. The Kier molecular flexibility index (Phi) is 5.14. The van der Waals surface area contributed by atoms with Crippen LogP contribution >= 0.6 is 0 Å². The molecule has 2 aliphatic rings. The molecule has 0 unspecified atom stereocenters. The van der Waals surface area contributed by atoms with E-state index in [1.54, 1.807) is 0 Å². The average Bonchev–Trinajstić information content (AvgIpc) is 2.62. The number of carbonyl (C=O) groups excluding carboxylic acids is 1. The van der Waals surface area contributed by atoms with Gasteiger partial charge in [0.1, 0.15) is 0 Å². The van der Waals surface area contributed by atoms with E-state index in [-0.39, 0.29) is 5.92 Å². The summed E-state index contributed by atoms with van der Waals surface area (Å²) in [6.07, 6.45) is 6.66. The second-order valence-electron chi connectivity index (χ2n) is 6.99. The molecule has 1 saturated carbocycles. The number of benzene rings is 1. The standard InChI is InChI=1S/C19H28N2O/c20-13-15-8-10-17(11-9-15)19(22)21-12-4-7-18(14-21)16-5-2-1-3-6-16/h1-3,5-6,15,17-18H,4,7-14,20H2/t15?,17?,18-/m0/s1. The van der Waals surface area contributed by atoms with Crippen molar-refractivity contribution in [1.82, 2.24) is 4.90 Å². The lowest BCUT2D eigenvalue weighted by Crippen LogP contribution is -2.43. The van der Waals surface area contributed by atoms with E-state index in [9.17, 15) is 4.79 Å². The summed E-state index contributed by atoms with van der Waals surface area (Å²) in [7, 11) is 0. The minimum atomic E-state index is 0.248. The second-order valence-corrected chi connectivity index (χ2v) is 6.99. The third-order valence-corrected chi connectivity index (χ3v) is 5.53. The van der Waals surface area contributed by atoms with Gasteiger partial charge in [-0.1, -0.05) is 30.3 Å². The predicted octanol–water partition coefficient (Wildman–Crippen LogP) is 3.16. The van der Waals surface area contributed by atoms with Crippen molar-refractivity contribution in [3.8, 4) is 0 Å². The van der Waals surface area contributed by atoms with Crippen LogP contribution in [0.15, 0.2) is 30.3 Å². The lowest BCUT2D eigenvalue weighted by molar-refractivity contribution is -0.138. The third-order valence-electron chi connectivity index (χ3n) is 5.53. The molecule has 0 bridgehead atoms. The van der Waals surface area contributed by atoms with Crippen LogP contribution in [0.25, 0.3) is 0 Å². The van der Waals surface area contributed by atoms with E-state index in [0.29, 0.717) is 17.7 Å². The second kappa shape index (κ2) is 7.28. The molecule has 1 aromatic rings. The zero-order chi connectivity index (χ0) is 15.4. The van der Waals surface area contributed by atoms with Gasteiger partial charge in [0, 0.05) is 24.9 Å². The number of carbonyl (C=O) groups is 1. The van der Waals surface area contributed by atoms with Gasteiger partial charge in [-0.2, -0.15) is 0 Å². The van der Waals surface area contributed by atoms with E-state index in [1.165, 1.54) is 12.0 Å². The minimum Gasteiger partial charge on any atom is -0.342 e. The van der Waals surface area contributed by atoms with E-state index < -0.39 is 0 Å². The Hall–Kier alpha value is -1.35. The summed E-state index contributed by atoms with van der Waals surface area (Å²) in [6, 6.07) is 10.7. The zero-order valence-electron chi connectivity index (χ0n) is 13.4. The number of piperidine rings is 1.